The average molecular weight is 1270 g/mol. The van der Waals surface area contributed by atoms with E-state index in [0.717, 1.165) is 28.7 Å². The Bertz CT molecular complexity index is 3910. The Morgan fingerprint density at radius 2 is 1.32 bits per heavy atom. The number of methoxy groups -OCH3 is 2. The third kappa shape index (κ3) is 16.4. The monoisotopic (exact) mass is 1260 g/mol. The van der Waals surface area contributed by atoms with Crippen LogP contribution in [0.15, 0.2) is 163 Å². The minimum absolute atomic E-state index is 0.121. The molecule has 2 N–H and O–H groups in total. The van der Waals surface area contributed by atoms with Gasteiger partial charge in [0.1, 0.15) is 5.78 Å². The summed E-state index contributed by atoms with van der Waals surface area (Å²) in [5, 5.41) is 11.7. The van der Waals surface area contributed by atoms with Crippen LogP contribution in [0.2, 0.25) is 0 Å². The summed E-state index contributed by atoms with van der Waals surface area (Å²) in [6, 6.07) is 22.2. The van der Waals surface area contributed by atoms with Gasteiger partial charge in [-0.15, -0.1) is 5.73 Å². The van der Waals surface area contributed by atoms with Crippen LogP contribution in [0.25, 0.3) is 23.3 Å². The van der Waals surface area contributed by atoms with Crippen molar-refractivity contribution in [2.75, 3.05) is 27.4 Å². The Morgan fingerprint density at radius 1 is 0.713 bits per heavy atom. The molecule has 0 spiro atoms. The highest BCUT2D eigenvalue weighted by atomic mass is 16.5. The van der Waals surface area contributed by atoms with Crippen LogP contribution in [-0.4, -0.2) is 102 Å². The molecule has 4 aromatic carbocycles. The lowest BCUT2D eigenvalue weighted by Gasteiger charge is -2.24. The zero-order valence-corrected chi connectivity index (χ0v) is 54.7. The van der Waals surface area contributed by atoms with Gasteiger partial charge in [-0.2, -0.15) is 0 Å². The molecule has 0 saturated heterocycles. The minimum Gasteiger partial charge on any atom is -0.493 e. The molecule has 15 heteroatoms. The number of fused-ring (bicyclic) bond motifs is 4. The largest absolute Gasteiger partial charge is 0.493 e. The predicted octanol–water partition coefficient (Wildman–Crippen LogP) is 14.3. The standard InChI is InChI=1S/C79H84N4O11/c1-7-52-23-25-53(26-24-52)40-54-27-29-55(30-28-54)60-42-63-19-14-17-59-44-75(73(92-6)46-66(59)79(90)83(63)48-60)94-39-15-38-93-74-43-58-16-12-13-18-62-41-61(49-82(62)78(89)65(58)45-72(74)91-5)56-31-33-57(34-32-56)67(80)47-71(87)51(4)22-35-70(86)77(50(2)3)81-76(88)21-11-9-8-10-20-64-68(84)36-37-69(64)85/h7,12-13,16-20,22,27-37,43-46,48-51,53,62-63,77,80H,8-11,15,21,23-26,38-42,47H2,1-6H3,(H,81,88)/b16-12+,18-13+,35-22+,52-7?,80-67?/t14?,51-,53?,62-,63-,77+/m1/s1. The van der Waals surface area contributed by atoms with Crippen LogP contribution in [-0.2, 0) is 30.4 Å². The Balaban J connectivity index is 0.695. The van der Waals surface area contributed by atoms with Gasteiger partial charge in [0.2, 0.25) is 5.91 Å². The van der Waals surface area contributed by atoms with E-state index in [9.17, 15) is 33.6 Å². The van der Waals surface area contributed by atoms with Crippen LogP contribution in [0.4, 0.5) is 0 Å². The van der Waals surface area contributed by atoms with Gasteiger partial charge in [0, 0.05) is 43.3 Å². The molecule has 1 fully saturated rings. The highest BCUT2D eigenvalue weighted by Crippen LogP contribution is 2.40. The minimum atomic E-state index is -0.772. The van der Waals surface area contributed by atoms with Gasteiger partial charge < -0.3 is 39.5 Å². The van der Waals surface area contributed by atoms with Crippen LogP contribution in [0.5, 0.6) is 23.0 Å². The third-order valence-electron chi connectivity index (χ3n) is 18.5. The van der Waals surface area contributed by atoms with E-state index in [2.05, 4.69) is 48.3 Å². The van der Waals surface area contributed by atoms with Gasteiger partial charge in [-0.1, -0.05) is 124 Å². The number of amides is 3. The molecule has 10 rings (SSSR count). The van der Waals surface area contributed by atoms with Crippen LogP contribution >= 0.6 is 0 Å². The second-order valence-electron chi connectivity index (χ2n) is 25.3. The third-order valence-corrected chi connectivity index (χ3v) is 18.5. The van der Waals surface area contributed by atoms with E-state index in [4.69, 9.17) is 24.4 Å². The number of carbonyl (C=O) groups excluding carboxylic acids is 7. The van der Waals surface area contributed by atoms with Gasteiger partial charge in [0.15, 0.2) is 40.3 Å². The number of hydrogen-bond donors (Lipinski definition) is 2. The van der Waals surface area contributed by atoms with Crippen molar-refractivity contribution < 1.29 is 52.5 Å². The SMILES string of the molecule is CC=C1CCC(Cc2ccc(C3=CN4C(=O)c5cc(OC)c(OCCCOc6cc7c(cc6OC)C(=O)N6C=C(c8ccc(C(=N)CC(=O)[C@H](C)/C=C/C(=O)[C@@H](NC(=O)CCCCCC=C9C(=O)C=CC9=O)C(C)C)cc8)C[C@H]6/C=C/C=C/7)cc5C=C=C[C@@H]4C3)cc2)CC1. The lowest BCUT2D eigenvalue weighted by molar-refractivity contribution is -0.126. The molecule has 94 heavy (non-hydrogen) atoms. The Kier molecular flexibility index (Phi) is 22.3. The maximum absolute atomic E-state index is 14.5. The molecule has 0 bridgehead atoms. The van der Waals surface area contributed by atoms with Crippen LogP contribution in [0.1, 0.15) is 165 Å². The summed E-state index contributed by atoms with van der Waals surface area (Å²) in [5.41, 5.74) is 13.5. The molecule has 4 aliphatic heterocycles. The van der Waals surface area contributed by atoms with E-state index in [-0.39, 0.29) is 96.2 Å². The number of hydrogen-bond acceptors (Lipinski definition) is 12. The number of rotatable bonds is 27. The van der Waals surface area contributed by atoms with Crippen molar-refractivity contribution in [3.63, 3.8) is 0 Å². The Labute approximate surface area is 551 Å². The molecule has 3 amide bonds. The summed E-state index contributed by atoms with van der Waals surface area (Å²) in [6.45, 7) is 8.05. The van der Waals surface area contributed by atoms with E-state index >= 15 is 0 Å². The van der Waals surface area contributed by atoms with Gasteiger partial charge in [0.05, 0.1) is 62.3 Å². The van der Waals surface area contributed by atoms with Gasteiger partial charge in [-0.3, -0.25) is 33.6 Å². The van der Waals surface area contributed by atoms with Crippen molar-refractivity contribution in [1.29, 1.82) is 5.41 Å². The van der Waals surface area contributed by atoms with E-state index in [0.29, 0.717) is 102 Å². The zero-order valence-electron chi connectivity index (χ0n) is 54.7. The summed E-state index contributed by atoms with van der Waals surface area (Å²) in [6.07, 6.45) is 35.0. The van der Waals surface area contributed by atoms with Crippen molar-refractivity contribution in [1.82, 2.24) is 15.1 Å². The number of carbonyl (C=O) groups is 7. The van der Waals surface area contributed by atoms with Gasteiger partial charge >= 0.3 is 0 Å². The summed E-state index contributed by atoms with van der Waals surface area (Å²) in [5.74, 6) is -0.0553. The maximum Gasteiger partial charge on any atom is 0.259 e. The molecule has 2 aliphatic carbocycles. The Morgan fingerprint density at radius 3 is 1.95 bits per heavy atom. The summed E-state index contributed by atoms with van der Waals surface area (Å²) in [7, 11) is 3.10. The summed E-state index contributed by atoms with van der Waals surface area (Å²) < 4.78 is 24.2. The highest BCUT2D eigenvalue weighted by Gasteiger charge is 2.34. The fourth-order valence-corrected chi connectivity index (χ4v) is 12.8. The predicted molar refractivity (Wildman–Crippen MR) is 367 cm³/mol. The first-order valence-electron chi connectivity index (χ1n) is 33.0. The fourth-order valence-electron chi connectivity index (χ4n) is 12.8. The van der Waals surface area contributed by atoms with Gasteiger partial charge in [-0.25, -0.2) is 0 Å². The van der Waals surface area contributed by atoms with Crippen LogP contribution in [0, 0.1) is 23.2 Å². The zero-order chi connectivity index (χ0) is 66.4. The van der Waals surface area contributed by atoms with E-state index in [1.807, 2.05) is 87.0 Å². The van der Waals surface area contributed by atoms with Gasteiger partial charge in [0.25, 0.3) is 11.8 Å². The molecule has 4 atom stereocenters. The van der Waals surface area contributed by atoms with Crippen molar-refractivity contribution >= 4 is 69.9 Å². The summed E-state index contributed by atoms with van der Waals surface area (Å²) in [4.78, 5) is 95.4. The second-order valence-corrected chi connectivity index (χ2v) is 25.3. The molecule has 6 aliphatic rings. The number of unbranched alkanes of at least 4 members (excludes halogenated alkanes) is 3. The first-order chi connectivity index (χ1) is 45.5. The van der Waals surface area contributed by atoms with Crippen molar-refractivity contribution in [2.45, 2.75) is 136 Å². The number of ketones is 4. The highest BCUT2D eigenvalue weighted by molar-refractivity contribution is 6.33. The molecule has 4 heterocycles. The molecule has 15 nitrogen and oxygen atoms in total. The number of benzene rings is 4. The molecular weight excluding hydrogens is 1180 g/mol. The number of allylic oxidation sites excluding steroid dienone is 9. The topological polar surface area (TPSA) is 199 Å². The average Bonchev–Trinajstić information content (AvgIpc) is 1.55. The normalized spacial score (nSPS) is 19.4. The first-order valence-corrected chi connectivity index (χ1v) is 33.0. The lowest BCUT2D eigenvalue weighted by Crippen LogP contribution is -2.43. The lowest BCUT2D eigenvalue weighted by atomic mass is 9.82. The van der Waals surface area contributed by atoms with E-state index in [1.54, 1.807) is 59.7 Å². The second kappa shape index (κ2) is 31.3. The van der Waals surface area contributed by atoms with Gasteiger partial charge in [-0.05, 0) is 182 Å². The quantitative estimate of drug-likeness (QED) is 0.0144. The Hall–Kier alpha value is -9.72. The van der Waals surface area contributed by atoms with Crippen LogP contribution < -0.4 is 24.3 Å². The van der Waals surface area contributed by atoms with Crippen molar-refractivity contribution in [2.24, 2.45) is 17.8 Å². The maximum atomic E-state index is 14.5. The first kappa shape index (κ1) is 67.2. The molecule has 0 aromatic heterocycles. The van der Waals surface area contributed by atoms with Crippen molar-refractivity contribution in [3.05, 3.63) is 207 Å². The number of ether oxygens (including phenoxy) is 4. The van der Waals surface area contributed by atoms with E-state index in [1.165, 1.54) is 62.7 Å². The molecule has 486 valence electrons. The summed E-state index contributed by atoms with van der Waals surface area (Å²) >= 11 is 0. The number of Topliss-reactive ketones (excluding diaryl/α,β-unsaturated/α-hetero) is 1. The van der Waals surface area contributed by atoms with Crippen LogP contribution in [0.3, 0.4) is 0 Å². The molecule has 1 saturated carbocycles. The molecule has 4 aromatic rings. The van der Waals surface area contributed by atoms with Crippen molar-refractivity contribution in [3.8, 4) is 23.0 Å². The fraction of sp³-hybridized carbons (Fsp3) is 0.354. The molecule has 0 radical (unpaired) electrons. The molecule has 0 unspecified atom stereocenters. The number of nitrogens with one attached hydrogen (secondary N) is 2. The smallest absolute Gasteiger partial charge is 0.259 e. The molecular formula is C79H84N4O11. The van der Waals surface area contributed by atoms with E-state index < -0.39 is 12.0 Å². The number of nitrogens with zero attached hydrogens (tertiary/aromatic N) is 2.